The average Bonchev–Trinajstić information content (AvgIpc) is 2.99. The fourth-order valence-electron chi connectivity index (χ4n) is 2.57. The molecule has 1 aliphatic rings. The number of fused-ring (bicyclic) bond motifs is 1. The highest BCUT2D eigenvalue weighted by Crippen LogP contribution is 2.26. The van der Waals surface area contributed by atoms with Crippen molar-refractivity contribution in [3.8, 4) is 5.75 Å². The minimum absolute atomic E-state index is 0.0286. The zero-order valence-corrected chi connectivity index (χ0v) is 15.0. The largest absolute Gasteiger partial charge is 0.495 e. The van der Waals surface area contributed by atoms with E-state index in [9.17, 15) is 14.6 Å². The highest BCUT2D eigenvalue weighted by Gasteiger charge is 2.37. The predicted molar refractivity (Wildman–Crippen MR) is 93.8 cm³/mol. The second kappa shape index (κ2) is 9.56. The van der Waals surface area contributed by atoms with Gasteiger partial charge in [0.15, 0.2) is 6.10 Å². The lowest BCUT2D eigenvalue weighted by Crippen LogP contribution is -2.34. The van der Waals surface area contributed by atoms with Gasteiger partial charge in [-0.3, -0.25) is 9.59 Å². The maximum Gasteiger partial charge on any atom is 0.495 e. The number of carbonyl (C=O) groups excluding carboxylic acids is 2. The molecule has 0 aliphatic carbocycles. The van der Waals surface area contributed by atoms with Crippen LogP contribution in [0.2, 0.25) is 0 Å². The van der Waals surface area contributed by atoms with Gasteiger partial charge in [0, 0.05) is 24.8 Å². The van der Waals surface area contributed by atoms with Gasteiger partial charge in [-0.25, -0.2) is 0 Å². The summed E-state index contributed by atoms with van der Waals surface area (Å²) < 4.78 is 21.4. The molecular weight excluding hydrogens is 341 g/mol. The van der Waals surface area contributed by atoms with Crippen molar-refractivity contribution < 1.29 is 33.5 Å². The highest BCUT2D eigenvalue weighted by molar-refractivity contribution is 6.62. The third-order valence-electron chi connectivity index (χ3n) is 3.93. The first kappa shape index (κ1) is 20.2. The van der Waals surface area contributed by atoms with E-state index in [1.807, 2.05) is 6.07 Å². The number of hydrogen-bond acceptors (Lipinski definition) is 8. The minimum Gasteiger partial charge on any atom is -0.490 e. The van der Waals surface area contributed by atoms with Crippen LogP contribution in [0.5, 0.6) is 5.75 Å². The van der Waals surface area contributed by atoms with Crippen molar-refractivity contribution in [3.05, 3.63) is 23.8 Å². The number of hydrogen-bond donors (Lipinski definition) is 2. The molecule has 0 bridgehead atoms. The van der Waals surface area contributed by atoms with Gasteiger partial charge in [0.05, 0.1) is 6.10 Å². The number of nitrogens with two attached hydrogens (primary N) is 1. The van der Waals surface area contributed by atoms with Gasteiger partial charge in [-0.1, -0.05) is 26.0 Å². The van der Waals surface area contributed by atoms with Gasteiger partial charge in [-0.15, -0.1) is 0 Å². The van der Waals surface area contributed by atoms with Gasteiger partial charge in [0.25, 0.3) is 0 Å². The Labute approximate surface area is 152 Å². The molecule has 1 aromatic carbocycles. The summed E-state index contributed by atoms with van der Waals surface area (Å²) in [6.07, 6.45) is -0.726. The van der Waals surface area contributed by atoms with Crippen molar-refractivity contribution in [2.75, 3.05) is 19.8 Å². The summed E-state index contributed by atoms with van der Waals surface area (Å²) >= 11 is 0. The monoisotopic (exact) mass is 365 g/mol. The van der Waals surface area contributed by atoms with E-state index in [1.165, 1.54) is 0 Å². The Bertz CT molecular complexity index is 640. The lowest BCUT2D eigenvalue weighted by Gasteiger charge is -2.19. The van der Waals surface area contributed by atoms with Crippen LogP contribution in [0.15, 0.2) is 18.2 Å². The lowest BCUT2D eigenvalue weighted by atomic mass is 9.78. The first-order chi connectivity index (χ1) is 12.5. The summed E-state index contributed by atoms with van der Waals surface area (Å²) in [6, 6.07) is 5.26. The lowest BCUT2D eigenvalue weighted by molar-refractivity contribution is -0.160. The Morgan fingerprint density at radius 3 is 2.65 bits per heavy atom. The van der Waals surface area contributed by atoms with E-state index in [0.29, 0.717) is 11.2 Å². The molecule has 1 heterocycles. The molecule has 0 saturated carbocycles. The summed E-state index contributed by atoms with van der Waals surface area (Å²) in [5.41, 5.74) is 6.92. The van der Waals surface area contributed by atoms with Crippen LogP contribution in [0, 0.1) is 0 Å². The van der Waals surface area contributed by atoms with Crippen molar-refractivity contribution in [1.29, 1.82) is 0 Å². The van der Waals surface area contributed by atoms with Gasteiger partial charge >= 0.3 is 19.1 Å². The van der Waals surface area contributed by atoms with Gasteiger partial charge < -0.3 is 29.6 Å². The van der Waals surface area contributed by atoms with Crippen LogP contribution in [-0.4, -0.2) is 49.9 Å². The summed E-state index contributed by atoms with van der Waals surface area (Å²) in [4.78, 5) is 22.9. The van der Waals surface area contributed by atoms with E-state index < -0.39 is 31.3 Å². The van der Waals surface area contributed by atoms with E-state index in [1.54, 1.807) is 26.0 Å². The van der Waals surface area contributed by atoms with E-state index in [-0.39, 0.29) is 32.6 Å². The predicted octanol–water partition coefficient (Wildman–Crippen LogP) is 0.0579. The third-order valence-corrected chi connectivity index (χ3v) is 3.93. The Hall–Kier alpha value is -2.10. The molecule has 0 saturated heterocycles. The Balaban J connectivity index is 2.07. The molecule has 1 aliphatic heterocycles. The zero-order chi connectivity index (χ0) is 19.1. The molecule has 8 nitrogen and oxygen atoms in total. The van der Waals surface area contributed by atoms with Crippen molar-refractivity contribution in [2.24, 2.45) is 5.73 Å². The molecule has 2 atom stereocenters. The number of esters is 2. The fraction of sp³-hybridized carbons (Fsp3) is 0.529. The molecular formula is C17H24BNO7. The maximum atomic E-state index is 11.6. The number of benzene rings is 1. The van der Waals surface area contributed by atoms with Crippen LogP contribution in [0.1, 0.15) is 38.4 Å². The molecule has 0 unspecified atom stereocenters. The highest BCUT2D eigenvalue weighted by atomic mass is 16.6. The molecule has 26 heavy (non-hydrogen) atoms. The SMILES string of the molecule is CCC(=O)OC[C@H](COc1cccc2c1B(O)O[C@@H]2CN)OC(=O)CC. The molecule has 0 fully saturated rings. The van der Waals surface area contributed by atoms with Gasteiger partial charge in [0.1, 0.15) is 19.0 Å². The average molecular weight is 365 g/mol. The molecule has 0 aromatic heterocycles. The van der Waals surface area contributed by atoms with Crippen LogP contribution < -0.4 is 15.9 Å². The van der Waals surface area contributed by atoms with Gasteiger partial charge in [-0.05, 0) is 11.6 Å². The second-order valence-corrected chi connectivity index (χ2v) is 5.78. The smallest absolute Gasteiger partial charge is 0.490 e. The van der Waals surface area contributed by atoms with Gasteiger partial charge in [-0.2, -0.15) is 0 Å². The third kappa shape index (κ3) is 4.97. The summed E-state index contributed by atoms with van der Waals surface area (Å²) in [5.74, 6) is -0.404. The van der Waals surface area contributed by atoms with Gasteiger partial charge in [0.2, 0.25) is 0 Å². The molecule has 0 radical (unpaired) electrons. The second-order valence-electron chi connectivity index (χ2n) is 5.78. The van der Waals surface area contributed by atoms with Crippen LogP contribution >= 0.6 is 0 Å². The van der Waals surface area contributed by atoms with E-state index in [2.05, 4.69) is 0 Å². The number of ether oxygens (including phenoxy) is 3. The van der Waals surface area contributed by atoms with Crippen LogP contribution in [0.3, 0.4) is 0 Å². The zero-order valence-electron chi connectivity index (χ0n) is 15.0. The van der Waals surface area contributed by atoms with E-state index in [4.69, 9.17) is 24.6 Å². The minimum atomic E-state index is -1.13. The quantitative estimate of drug-likeness (QED) is 0.466. The first-order valence-corrected chi connectivity index (χ1v) is 8.64. The molecule has 2 rings (SSSR count). The van der Waals surface area contributed by atoms with Crippen LogP contribution in [0.4, 0.5) is 0 Å². The molecule has 9 heteroatoms. The molecule has 0 spiro atoms. The summed E-state index contributed by atoms with van der Waals surface area (Å²) in [5, 5.41) is 10.1. The molecule has 3 N–H and O–H groups in total. The topological polar surface area (TPSA) is 117 Å². The molecule has 142 valence electrons. The van der Waals surface area contributed by atoms with E-state index >= 15 is 0 Å². The maximum absolute atomic E-state index is 11.6. The van der Waals surface area contributed by atoms with Crippen LogP contribution in [0.25, 0.3) is 0 Å². The Morgan fingerprint density at radius 1 is 1.27 bits per heavy atom. The van der Waals surface area contributed by atoms with Crippen molar-refractivity contribution >= 4 is 24.5 Å². The number of rotatable bonds is 9. The standard InChI is InChI=1S/C17H24BNO7/c1-3-15(20)24-10-11(25-16(21)4-2)9-23-13-7-5-6-12-14(8-19)26-18(22)17(12)13/h5-7,11,14,22H,3-4,8-10,19H2,1-2H3/t11-,14+/m0/s1. The summed E-state index contributed by atoms with van der Waals surface area (Å²) in [6.45, 7) is 3.45. The normalized spacial score (nSPS) is 16.8. The molecule has 0 amide bonds. The summed E-state index contributed by atoms with van der Waals surface area (Å²) in [7, 11) is -1.13. The van der Waals surface area contributed by atoms with Crippen molar-refractivity contribution in [3.63, 3.8) is 0 Å². The number of carbonyl (C=O) groups is 2. The Kier molecular flexibility index (Phi) is 7.44. The Morgan fingerprint density at radius 2 is 2.00 bits per heavy atom. The van der Waals surface area contributed by atoms with Crippen molar-refractivity contribution in [1.82, 2.24) is 0 Å². The first-order valence-electron chi connectivity index (χ1n) is 8.64. The van der Waals surface area contributed by atoms with Crippen LogP contribution in [-0.2, 0) is 23.7 Å². The fourth-order valence-corrected chi connectivity index (χ4v) is 2.57. The molecule has 1 aromatic rings. The van der Waals surface area contributed by atoms with E-state index in [0.717, 1.165) is 5.56 Å². The van der Waals surface area contributed by atoms with Crippen molar-refractivity contribution in [2.45, 2.75) is 38.9 Å².